The number of amides is 6. The van der Waals surface area contributed by atoms with Crippen molar-refractivity contribution in [3.05, 3.63) is 0 Å². The highest BCUT2D eigenvalue weighted by Gasteiger charge is 2.42. The summed E-state index contributed by atoms with van der Waals surface area (Å²) in [6, 6.07) is 0.380. The van der Waals surface area contributed by atoms with Gasteiger partial charge in [-0.05, 0) is 38.5 Å². The highest BCUT2D eigenvalue weighted by molar-refractivity contribution is 8.00. The Bertz CT molecular complexity index is 886. The molecule has 3 heterocycles. The van der Waals surface area contributed by atoms with E-state index in [0.29, 0.717) is 49.1 Å². The first kappa shape index (κ1) is 30.7. The van der Waals surface area contributed by atoms with Gasteiger partial charge in [0.1, 0.15) is 0 Å². The van der Waals surface area contributed by atoms with Crippen LogP contribution in [0.4, 0.5) is 4.79 Å². The second kappa shape index (κ2) is 16.3. The summed E-state index contributed by atoms with van der Waals surface area (Å²) in [5.41, 5.74) is 0. The zero-order valence-corrected chi connectivity index (χ0v) is 23.3. The maximum Gasteiger partial charge on any atom is 0.333 e. The highest BCUT2D eigenvalue weighted by atomic mass is 32.2. The zero-order chi connectivity index (χ0) is 28.0. The number of hydrogen-bond donors (Lipinski definition) is 4. The van der Waals surface area contributed by atoms with E-state index in [4.69, 9.17) is 4.84 Å². The molecule has 1 unspecified atom stereocenters. The second-order valence-corrected chi connectivity index (χ2v) is 11.5. The van der Waals surface area contributed by atoms with Crippen LogP contribution >= 0.6 is 11.8 Å². The maximum atomic E-state index is 12.0. The number of fused-ring (bicyclic) bond motifs is 1. The Morgan fingerprint density at radius 1 is 0.795 bits per heavy atom. The third-order valence-electron chi connectivity index (χ3n) is 7.06. The van der Waals surface area contributed by atoms with E-state index in [0.717, 1.165) is 50.7 Å². The molecule has 0 saturated carbocycles. The van der Waals surface area contributed by atoms with E-state index in [-0.39, 0.29) is 49.2 Å². The lowest BCUT2D eigenvalue weighted by atomic mass is 10.0. The predicted molar refractivity (Wildman–Crippen MR) is 144 cm³/mol. The average Bonchev–Trinajstić information content (AvgIpc) is 3.56. The van der Waals surface area contributed by atoms with Gasteiger partial charge >= 0.3 is 12.0 Å². The molecule has 3 fully saturated rings. The van der Waals surface area contributed by atoms with Crippen molar-refractivity contribution < 1.29 is 33.6 Å². The van der Waals surface area contributed by atoms with Gasteiger partial charge in [-0.1, -0.05) is 19.3 Å². The minimum atomic E-state index is -0.602. The summed E-state index contributed by atoms with van der Waals surface area (Å²) in [4.78, 5) is 74.8. The lowest BCUT2D eigenvalue weighted by Gasteiger charge is -2.16. The van der Waals surface area contributed by atoms with E-state index in [1.807, 2.05) is 11.8 Å². The van der Waals surface area contributed by atoms with E-state index in [1.165, 1.54) is 0 Å². The molecule has 13 heteroatoms. The van der Waals surface area contributed by atoms with E-state index in [9.17, 15) is 28.8 Å². The van der Waals surface area contributed by atoms with Gasteiger partial charge in [0, 0.05) is 56.2 Å². The first-order valence-corrected chi connectivity index (χ1v) is 15.2. The molecule has 3 atom stereocenters. The van der Waals surface area contributed by atoms with E-state index < -0.39 is 17.8 Å². The van der Waals surface area contributed by atoms with Gasteiger partial charge in [-0.25, -0.2) is 9.59 Å². The van der Waals surface area contributed by atoms with Crippen molar-refractivity contribution in [3.8, 4) is 0 Å². The summed E-state index contributed by atoms with van der Waals surface area (Å²) >= 11 is 1.89. The molecule has 3 aliphatic rings. The lowest BCUT2D eigenvalue weighted by Crippen LogP contribution is -2.36. The molecule has 0 aliphatic carbocycles. The number of urea groups is 1. The summed E-state index contributed by atoms with van der Waals surface area (Å²) in [5, 5.41) is 12.7. The Balaban J connectivity index is 1.06. The van der Waals surface area contributed by atoms with Crippen LogP contribution in [0.3, 0.4) is 0 Å². The van der Waals surface area contributed by atoms with Crippen LogP contribution in [0.15, 0.2) is 0 Å². The van der Waals surface area contributed by atoms with Gasteiger partial charge in [-0.15, -0.1) is 5.06 Å². The molecule has 12 nitrogen and oxygen atoms in total. The summed E-state index contributed by atoms with van der Waals surface area (Å²) in [6.45, 7) is 1.14. The van der Waals surface area contributed by atoms with Gasteiger partial charge in [0.2, 0.25) is 11.8 Å². The van der Waals surface area contributed by atoms with Crippen molar-refractivity contribution in [2.45, 2.75) is 107 Å². The van der Waals surface area contributed by atoms with E-state index >= 15 is 0 Å². The highest BCUT2D eigenvalue weighted by Crippen LogP contribution is 2.33. The number of hydrogen-bond acceptors (Lipinski definition) is 8. The molecule has 0 spiro atoms. The largest absolute Gasteiger partial charge is 0.356 e. The van der Waals surface area contributed by atoms with Gasteiger partial charge in [0.25, 0.3) is 11.8 Å². The molecule has 0 radical (unpaired) electrons. The minimum absolute atomic E-state index is 0.01000. The van der Waals surface area contributed by atoms with Crippen molar-refractivity contribution >= 4 is 47.4 Å². The number of nitrogens with zero attached hydrogens (tertiary/aromatic N) is 1. The summed E-state index contributed by atoms with van der Waals surface area (Å²) < 4.78 is 0. The molecule has 3 saturated heterocycles. The molecule has 3 rings (SSSR count). The van der Waals surface area contributed by atoms with Crippen LogP contribution < -0.4 is 21.3 Å². The van der Waals surface area contributed by atoms with Crippen molar-refractivity contribution in [1.29, 1.82) is 0 Å². The molecule has 4 N–H and O–H groups in total. The molecule has 218 valence electrons. The first-order valence-electron chi connectivity index (χ1n) is 14.1. The molecular formula is C26H41N5O7S. The second-order valence-electron chi connectivity index (χ2n) is 10.2. The number of unbranched alkanes of at least 4 members (excludes halogenated alkanes) is 5. The zero-order valence-electron chi connectivity index (χ0n) is 22.5. The summed E-state index contributed by atoms with van der Waals surface area (Å²) in [7, 11) is 0. The van der Waals surface area contributed by atoms with Gasteiger partial charge in [0.05, 0.1) is 12.1 Å². The van der Waals surface area contributed by atoms with Gasteiger partial charge < -0.3 is 26.1 Å². The van der Waals surface area contributed by atoms with Gasteiger partial charge in [-0.2, -0.15) is 11.8 Å². The SMILES string of the molecule is O=C(CCCCCNC(=O)CCCCC1SC[C@@H]2NC(=O)N[C@H]12)NCCCCCC(=O)ON1C(=O)CCC1=O. The lowest BCUT2D eigenvalue weighted by molar-refractivity contribution is -0.197. The van der Waals surface area contributed by atoms with Gasteiger partial charge in [-0.3, -0.25) is 19.2 Å². The number of carbonyl (C=O) groups is 6. The van der Waals surface area contributed by atoms with Crippen molar-refractivity contribution in [2.75, 3.05) is 18.8 Å². The third-order valence-corrected chi connectivity index (χ3v) is 8.57. The first-order chi connectivity index (χ1) is 18.8. The molecule has 39 heavy (non-hydrogen) atoms. The van der Waals surface area contributed by atoms with Crippen molar-refractivity contribution in [1.82, 2.24) is 26.3 Å². The molecule has 0 aromatic rings. The fourth-order valence-corrected chi connectivity index (χ4v) is 6.41. The van der Waals surface area contributed by atoms with Crippen LogP contribution in [0.2, 0.25) is 0 Å². The van der Waals surface area contributed by atoms with Crippen molar-refractivity contribution in [3.63, 3.8) is 0 Å². The van der Waals surface area contributed by atoms with Crippen molar-refractivity contribution in [2.24, 2.45) is 0 Å². The number of thioether (sulfide) groups is 1. The Hall–Kier alpha value is -2.83. The Labute approximate surface area is 233 Å². The Morgan fingerprint density at radius 3 is 2.03 bits per heavy atom. The number of hydroxylamine groups is 2. The fourth-order valence-electron chi connectivity index (χ4n) is 4.87. The monoisotopic (exact) mass is 567 g/mol. The number of nitrogens with one attached hydrogen (secondary N) is 4. The maximum absolute atomic E-state index is 12.0. The van der Waals surface area contributed by atoms with Crippen LogP contribution in [-0.2, 0) is 28.8 Å². The number of rotatable bonds is 18. The van der Waals surface area contributed by atoms with Crippen LogP contribution in [-0.4, -0.2) is 76.9 Å². The molecule has 3 aliphatic heterocycles. The quantitative estimate of drug-likeness (QED) is 0.110. The molecule has 0 aromatic carbocycles. The minimum Gasteiger partial charge on any atom is -0.356 e. The summed E-state index contributed by atoms with van der Waals surface area (Å²) in [6.07, 6.45) is 8.46. The Kier molecular flexibility index (Phi) is 12.8. The smallest absolute Gasteiger partial charge is 0.333 e. The van der Waals surface area contributed by atoms with E-state index in [2.05, 4.69) is 21.3 Å². The molecule has 6 amide bonds. The van der Waals surface area contributed by atoms with Crippen LogP contribution in [0.25, 0.3) is 0 Å². The molecule has 0 aromatic heterocycles. The third kappa shape index (κ3) is 10.7. The predicted octanol–water partition coefficient (Wildman–Crippen LogP) is 1.67. The van der Waals surface area contributed by atoms with Crippen LogP contribution in [0, 0.1) is 0 Å². The average molecular weight is 568 g/mol. The topological polar surface area (TPSA) is 163 Å². The molecular weight excluding hydrogens is 526 g/mol. The van der Waals surface area contributed by atoms with Gasteiger partial charge in [0.15, 0.2) is 0 Å². The standard InChI is InChI=1S/C26H41N5O7S/c32-20(27-16-8-2-4-12-24(36)38-31-22(34)13-14-23(31)35)10-3-1-7-15-28-21(33)11-6-5-9-19-25-18(17-39-19)29-26(37)30-25/h18-19,25H,1-17H2,(H,27,32)(H,28,33)(H2,29,30,37)/t18-,19?,25-/m0/s1. The number of carbonyl (C=O) groups excluding carboxylic acids is 6. The van der Waals surface area contributed by atoms with Crippen LogP contribution in [0.5, 0.6) is 0 Å². The molecule has 0 bridgehead atoms. The Morgan fingerprint density at radius 2 is 1.38 bits per heavy atom. The fraction of sp³-hybridized carbons (Fsp3) is 0.769. The number of imide groups is 1. The van der Waals surface area contributed by atoms with Crippen LogP contribution in [0.1, 0.15) is 89.9 Å². The summed E-state index contributed by atoms with van der Waals surface area (Å²) in [5.74, 6) is -0.572. The normalized spacial score (nSPS) is 21.9. The van der Waals surface area contributed by atoms with E-state index in [1.54, 1.807) is 0 Å².